The fourth-order valence-corrected chi connectivity index (χ4v) is 3.67. The van der Waals surface area contributed by atoms with Gasteiger partial charge in [-0.05, 0) is 41.5 Å². The van der Waals surface area contributed by atoms with Crippen LogP contribution in [0.15, 0.2) is 84.6 Å². The summed E-state index contributed by atoms with van der Waals surface area (Å²) in [5.74, 6) is -1.79. The van der Waals surface area contributed by atoms with E-state index in [9.17, 15) is 24.1 Å². The SMILES string of the molecule is CN(Cc1ccccc1)C1=C(c2ccc([N+](=O)[O-])cc2)C(=O)N(c2cccc(F)c2)C1=O. The number of imide groups is 1. The molecule has 7 nitrogen and oxygen atoms in total. The molecular weight excluding hydrogens is 413 g/mol. The summed E-state index contributed by atoms with van der Waals surface area (Å²) in [4.78, 5) is 39.8. The Morgan fingerprint density at radius 3 is 2.25 bits per heavy atom. The number of nitro benzene ring substituents is 1. The second kappa shape index (κ2) is 8.43. The maximum atomic E-state index is 13.8. The third-order valence-corrected chi connectivity index (χ3v) is 5.14. The van der Waals surface area contributed by atoms with Crippen LogP contribution in [0.4, 0.5) is 15.8 Å². The van der Waals surface area contributed by atoms with Crippen molar-refractivity contribution in [1.82, 2.24) is 4.90 Å². The van der Waals surface area contributed by atoms with E-state index in [1.54, 1.807) is 11.9 Å². The summed E-state index contributed by atoms with van der Waals surface area (Å²) in [6, 6.07) is 20.1. The highest BCUT2D eigenvalue weighted by molar-refractivity contribution is 6.45. The summed E-state index contributed by atoms with van der Waals surface area (Å²) in [5.41, 5.74) is 1.51. The summed E-state index contributed by atoms with van der Waals surface area (Å²) < 4.78 is 13.8. The number of carbonyl (C=O) groups excluding carboxylic acids is 2. The van der Waals surface area contributed by atoms with E-state index in [-0.39, 0.29) is 22.6 Å². The minimum Gasteiger partial charge on any atom is -0.365 e. The predicted molar refractivity (Wildman–Crippen MR) is 117 cm³/mol. The normalized spacial score (nSPS) is 13.6. The number of hydrogen-bond acceptors (Lipinski definition) is 5. The molecule has 3 aromatic carbocycles. The lowest BCUT2D eigenvalue weighted by molar-refractivity contribution is -0.384. The van der Waals surface area contributed by atoms with Crippen LogP contribution in [0.2, 0.25) is 0 Å². The molecule has 0 unspecified atom stereocenters. The summed E-state index contributed by atoms with van der Waals surface area (Å²) in [5, 5.41) is 11.0. The van der Waals surface area contributed by atoms with Crippen LogP contribution in [0.1, 0.15) is 11.1 Å². The van der Waals surface area contributed by atoms with Crippen LogP contribution in [-0.2, 0) is 16.1 Å². The molecule has 4 rings (SSSR count). The highest BCUT2D eigenvalue weighted by Crippen LogP contribution is 2.35. The lowest BCUT2D eigenvalue weighted by Gasteiger charge is -2.21. The summed E-state index contributed by atoms with van der Waals surface area (Å²) in [6.45, 7) is 0.350. The van der Waals surface area contributed by atoms with E-state index in [2.05, 4.69) is 0 Å². The number of carbonyl (C=O) groups is 2. The molecule has 0 aromatic heterocycles. The Bertz CT molecular complexity index is 1240. The Morgan fingerprint density at radius 1 is 0.938 bits per heavy atom. The number of likely N-dealkylation sites (N-methyl/N-ethyl adjacent to an activating group) is 1. The van der Waals surface area contributed by atoms with Gasteiger partial charge in [-0.25, -0.2) is 9.29 Å². The molecule has 0 saturated heterocycles. The van der Waals surface area contributed by atoms with E-state index in [4.69, 9.17) is 0 Å². The zero-order valence-corrected chi connectivity index (χ0v) is 17.1. The molecule has 1 aliphatic rings. The number of nitrogens with zero attached hydrogens (tertiary/aromatic N) is 3. The third kappa shape index (κ3) is 3.85. The molecule has 0 radical (unpaired) electrons. The van der Waals surface area contributed by atoms with Gasteiger partial charge in [-0.3, -0.25) is 19.7 Å². The van der Waals surface area contributed by atoms with Crippen LogP contribution in [0.5, 0.6) is 0 Å². The minimum atomic E-state index is -0.621. The molecule has 0 N–H and O–H groups in total. The van der Waals surface area contributed by atoms with Crippen molar-refractivity contribution in [2.75, 3.05) is 11.9 Å². The molecule has 0 bridgehead atoms. The van der Waals surface area contributed by atoms with Crippen molar-refractivity contribution < 1.29 is 18.9 Å². The van der Waals surface area contributed by atoms with Gasteiger partial charge in [0.25, 0.3) is 17.5 Å². The molecule has 32 heavy (non-hydrogen) atoms. The number of rotatable bonds is 6. The number of benzene rings is 3. The first-order valence-corrected chi connectivity index (χ1v) is 9.75. The second-order valence-electron chi connectivity index (χ2n) is 7.29. The standard InChI is InChI=1S/C24H18FN3O4/c1-26(15-16-6-3-2-4-7-16)22-21(17-10-12-19(13-11-17)28(31)32)23(29)27(24(22)30)20-9-5-8-18(25)14-20/h2-14H,15H2,1H3. The molecule has 1 heterocycles. The largest absolute Gasteiger partial charge is 0.365 e. The number of hydrogen-bond donors (Lipinski definition) is 0. The topological polar surface area (TPSA) is 83.8 Å². The van der Waals surface area contributed by atoms with Crippen molar-refractivity contribution in [1.29, 1.82) is 0 Å². The number of halogens is 1. The fourth-order valence-electron chi connectivity index (χ4n) is 3.67. The van der Waals surface area contributed by atoms with Gasteiger partial charge in [-0.2, -0.15) is 0 Å². The van der Waals surface area contributed by atoms with Gasteiger partial charge in [-0.15, -0.1) is 0 Å². The molecular formula is C24H18FN3O4. The summed E-state index contributed by atoms with van der Waals surface area (Å²) in [7, 11) is 1.69. The molecule has 8 heteroatoms. The molecule has 2 amide bonds. The Balaban J connectivity index is 1.81. The highest BCUT2D eigenvalue weighted by Gasteiger charge is 2.42. The van der Waals surface area contributed by atoms with Gasteiger partial charge in [0.2, 0.25) is 0 Å². The molecule has 0 spiro atoms. The first-order chi connectivity index (χ1) is 15.4. The average molecular weight is 431 g/mol. The van der Waals surface area contributed by atoms with Crippen molar-refractivity contribution in [3.63, 3.8) is 0 Å². The van der Waals surface area contributed by atoms with Crippen LogP contribution < -0.4 is 4.90 Å². The first-order valence-electron chi connectivity index (χ1n) is 9.75. The van der Waals surface area contributed by atoms with Crippen LogP contribution in [0, 0.1) is 15.9 Å². The number of amides is 2. The molecule has 0 atom stereocenters. The lowest BCUT2D eigenvalue weighted by atomic mass is 10.0. The maximum absolute atomic E-state index is 13.8. The Morgan fingerprint density at radius 2 is 1.62 bits per heavy atom. The van der Waals surface area contributed by atoms with Crippen molar-refractivity contribution in [2.45, 2.75) is 6.54 Å². The minimum absolute atomic E-state index is 0.104. The monoisotopic (exact) mass is 431 g/mol. The average Bonchev–Trinajstić information content (AvgIpc) is 3.04. The zero-order chi connectivity index (χ0) is 22.8. The van der Waals surface area contributed by atoms with Gasteiger partial charge >= 0.3 is 0 Å². The van der Waals surface area contributed by atoms with Gasteiger partial charge < -0.3 is 4.90 Å². The van der Waals surface area contributed by atoms with E-state index in [1.807, 2.05) is 30.3 Å². The van der Waals surface area contributed by atoms with Crippen LogP contribution in [0.25, 0.3) is 5.57 Å². The molecule has 0 fully saturated rings. The zero-order valence-electron chi connectivity index (χ0n) is 17.1. The Kier molecular flexibility index (Phi) is 5.51. The molecule has 0 aliphatic carbocycles. The van der Waals surface area contributed by atoms with Crippen LogP contribution in [0.3, 0.4) is 0 Å². The van der Waals surface area contributed by atoms with Gasteiger partial charge in [0, 0.05) is 25.7 Å². The first kappa shape index (κ1) is 20.9. The molecule has 160 valence electrons. The summed E-state index contributed by atoms with van der Waals surface area (Å²) >= 11 is 0. The van der Waals surface area contributed by atoms with Crippen molar-refractivity contribution in [3.8, 4) is 0 Å². The lowest BCUT2D eigenvalue weighted by Crippen LogP contribution is -2.34. The van der Waals surface area contributed by atoms with Gasteiger partial charge in [-0.1, -0.05) is 36.4 Å². The second-order valence-corrected chi connectivity index (χ2v) is 7.29. The third-order valence-electron chi connectivity index (χ3n) is 5.14. The van der Waals surface area contributed by atoms with Gasteiger partial charge in [0.1, 0.15) is 11.5 Å². The van der Waals surface area contributed by atoms with E-state index >= 15 is 0 Å². The van der Waals surface area contributed by atoms with Crippen LogP contribution >= 0.6 is 0 Å². The number of non-ortho nitro benzene ring substituents is 1. The summed E-state index contributed by atoms with van der Waals surface area (Å²) in [6.07, 6.45) is 0. The molecule has 3 aromatic rings. The number of nitro groups is 1. The quantitative estimate of drug-likeness (QED) is 0.333. The van der Waals surface area contributed by atoms with E-state index in [0.29, 0.717) is 12.1 Å². The Hall–Kier alpha value is -4.33. The van der Waals surface area contributed by atoms with E-state index in [1.165, 1.54) is 42.5 Å². The molecule has 1 aliphatic heterocycles. The van der Waals surface area contributed by atoms with Crippen LogP contribution in [-0.4, -0.2) is 28.7 Å². The van der Waals surface area contributed by atoms with E-state index in [0.717, 1.165) is 16.5 Å². The smallest absolute Gasteiger partial charge is 0.282 e. The fraction of sp³-hybridized carbons (Fsp3) is 0.0833. The van der Waals surface area contributed by atoms with Crippen molar-refractivity contribution in [2.24, 2.45) is 0 Å². The van der Waals surface area contributed by atoms with Crippen molar-refractivity contribution >= 4 is 28.8 Å². The predicted octanol–water partition coefficient (Wildman–Crippen LogP) is 4.15. The van der Waals surface area contributed by atoms with Gasteiger partial charge in [0.05, 0.1) is 16.2 Å². The van der Waals surface area contributed by atoms with E-state index < -0.39 is 22.6 Å². The van der Waals surface area contributed by atoms with Crippen molar-refractivity contribution in [3.05, 3.63) is 112 Å². The number of anilines is 1. The maximum Gasteiger partial charge on any atom is 0.282 e. The molecule has 0 saturated carbocycles. The van der Waals surface area contributed by atoms with Gasteiger partial charge in [0.15, 0.2) is 0 Å². The highest BCUT2D eigenvalue weighted by atomic mass is 19.1. The Labute approximate surface area is 183 Å².